The molecule has 5 rings (SSSR count). The highest BCUT2D eigenvalue weighted by molar-refractivity contribution is 6.24. The average molecular weight is 459 g/mol. The summed E-state index contributed by atoms with van der Waals surface area (Å²) < 4.78 is 10.6. The van der Waals surface area contributed by atoms with Gasteiger partial charge in [-0.3, -0.25) is 14.4 Å². The standard InChI is InChI=1S/C27H26N2O5/c1-16-5-8-20(15-17(16)2)28-26(30)23-24(18-6-11-21(32-3)12-7-18)29(34-25(23)27(28)31)19-9-13-22(33-4)14-10-19/h5-15,23-25H,1-4H3/t23-,24-,25-/m1/s1. The summed E-state index contributed by atoms with van der Waals surface area (Å²) in [5.41, 5.74) is 4.27. The van der Waals surface area contributed by atoms with E-state index in [1.54, 1.807) is 19.3 Å². The van der Waals surface area contributed by atoms with E-state index < -0.39 is 18.1 Å². The van der Waals surface area contributed by atoms with Gasteiger partial charge in [0.05, 0.1) is 31.6 Å². The number of nitrogens with zero attached hydrogens (tertiary/aromatic N) is 2. The average Bonchev–Trinajstić information content (AvgIpc) is 3.37. The van der Waals surface area contributed by atoms with Crippen LogP contribution in [-0.2, 0) is 14.4 Å². The molecule has 2 heterocycles. The number of methoxy groups -OCH3 is 2. The molecule has 3 aromatic rings. The number of amides is 2. The molecular formula is C27H26N2O5. The van der Waals surface area contributed by atoms with Gasteiger partial charge in [-0.25, -0.2) is 9.96 Å². The maximum Gasteiger partial charge on any atom is 0.266 e. The molecule has 2 saturated heterocycles. The Kier molecular flexibility index (Phi) is 5.49. The summed E-state index contributed by atoms with van der Waals surface area (Å²) in [5, 5.41) is 1.67. The molecule has 3 atom stereocenters. The summed E-state index contributed by atoms with van der Waals surface area (Å²) in [4.78, 5) is 34.7. The van der Waals surface area contributed by atoms with E-state index in [9.17, 15) is 9.59 Å². The van der Waals surface area contributed by atoms with Crippen LogP contribution in [0.1, 0.15) is 22.7 Å². The van der Waals surface area contributed by atoms with Gasteiger partial charge in [0.15, 0.2) is 6.10 Å². The number of carbonyl (C=O) groups excluding carboxylic acids is 2. The van der Waals surface area contributed by atoms with Crippen LogP contribution in [0.2, 0.25) is 0 Å². The predicted molar refractivity (Wildman–Crippen MR) is 128 cm³/mol. The fraction of sp³-hybridized carbons (Fsp3) is 0.259. The fourth-order valence-electron chi connectivity index (χ4n) is 4.63. The van der Waals surface area contributed by atoms with E-state index >= 15 is 0 Å². The number of rotatable bonds is 5. The first-order chi connectivity index (χ1) is 16.4. The monoisotopic (exact) mass is 458 g/mol. The molecule has 0 N–H and O–H groups in total. The third kappa shape index (κ3) is 3.49. The highest BCUT2D eigenvalue weighted by atomic mass is 16.7. The molecular weight excluding hydrogens is 432 g/mol. The second-order valence-corrected chi connectivity index (χ2v) is 8.57. The Labute approximate surface area is 198 Å². The quantitative estimate of drug-likeness (QED) is 0.529. The van der Waals surface area contributed by atoms with Gasteiger partial charge in [0.1, 0.15) is 17.4 Å². The minimum absolute atomic E-state index is 0.268. The Hall–Kier alpha value is -3.84. The van der Waals surface area contributed by atoms with Crippen molar-refractivity contribution in [3.05, 3.63) is 83.4 Å². The molecule has 7 heteroatoms. The lowest BCUT2D eigenvalue weighted by atomic mass is 9.90. The highest BCUT2D eigenvalue weighted by Crippen LogP contribution is 2.48. The minimum atomic E-state index is -0.914. The van der Waals surface area contributed by atoms with Gasteiger partial charge in [-0.15, -0.1) is 0 Å². The van der Waals surface area contributed by atoms with Gasteiger partial charge in [0, 0.05) is 0 Å². The molecule has 2 amide bonds. The van der Waals surface area contributed by atoms with Crippen molar-refractivity contribution in [1.29, 1.82) is 0 Å². The van der Waals surface area contributed by atoms with E-state index in [1.807, 2.05) is 80.6 Å². The van der Waals surface area contributed by atoms with Crippen molar-refractivity contribution in [2.24, 2.45) is 5.92 Å². The summed E-state index contributed by atoms with van der Waals surface area (Å²) in [5.74, 6) is 0.102. The Morgan fingerprint density at radius 3 is 1.91 bits per heavy atom. The lowest BCUT2D eigenvalue weighted by Gasteiger charge is -2.29. The highest BCUT2D eigenvalue weighted by Gasteiger charge is 2.60. The zero-order valence-electron chi connectivity index (χ0n) is 19.5. The van der Waals surface area contributed by atoms with Crippen molar-refractivity contribution in [2.75, 3.05) is 24.2 Å². The Morgan fingerprint density at radius 2 is 1.32 bits per heavy atom. The fourth-order valence-corrected chi connectivity index (χ4v) is 4.63. The topological polar surface area (TPSA) is 68.3 Å². The van der Waals surface area contributed by atoms with Gasteiger partial charge in [0.25, 0.3) is 5.91 Å². The number of benzene rings is 3. The normalized spacial score (nSPS) is 21.7. The molecule has 0 radical (unpaired) electrons. The van der Waals surface area contributed by atoms with E-state index in [0.717, 1.165) is 22.4 Å². The summed E-state index contributed by atoms with van der Waals surface area (Å²) >= 11 is 0. The molecule has 2 aliphatic rings. The Morgan fingerprint density at radius 1 is 0.735 bits per heavy atom. The van der Waals surface area contributed by atoms with Crippen LogP contribution in [0, 0.1) is 19.8 Å². The molecule has 0 saturated carbocycles. The zero-order valence-corrected chi connectivity index (χ0v) is 19.5. The number of aryl methyl sites for hydroxylation is 2. The first kappa shape index (κ1) is 22.0. The first-order valence-electron chi connectivity index (χ1n) is 11.1. The van der Waals surface area contributed by atoms with Gasteiger partial charge in [-0.05, 0) is 79.1 Å². The van der Waals surface area contributed by atoms with Crippen molar-refractivity contribution in [2.45, 2.75) is 26.0 Å². The number of anilines is 2. The molecule has 174 valence electrons. The summed E-state index contributed by atoms with van der Waals surface area (Å²) in [6, 6.07) is 20.0. The maximum atomic E-state index is 13.7. The molecule has 7 nitrogen and oxygen atoms in total. The van der Waals surface area contributed by atoms with Gasteiger partial charge in [-0.1, -0.05) is 18.2 Å². The molecule has 0 aliphatic carbocycles. The molecule has 0 unspecified atom stereocenters. The van der Waals surface area contributed by atoms with Crippen molar-refractivity contribution in [3.8, 4) is 11.5 Å². The smallest absolute Gasteiger partial charge is 0.266 e. The van der Waals surface area contributed by atoms with Gasteiger partial charge < -0.3 is 9.47 Å². The predicted octanol–water partition coefficient (Wildman–Crippen LogP) is 4.37. The summed E-state index contributed by atoms with van der Waals surface area (Å²) in [6.07, 6.45) is -0.914. The molecule has 0 bridgehead atoms. The lowest BCUT2D eigenvalue weighted by Crippen LogP contribution is -2.37. The number of ether oxygens (including phenoxy) is 2. The molecule has 3 aromatic carbocycles. The second kappa shape index (κ2) is 8.50. The van der Waals surface area contributed by atoms with Crippen LogP contribution in [0.3, 0.4) is 0 Å². The molecule has 0 aromatic heterocycles. The van der Waals surface area contributed by atoms with Crippen molar-refractivity contribution >= 4 is 23.2 Å². The van der Waals surface area contributed by atoms with E-state index in [0.29, 0.717) is 17.2 Å². The van der Waals surface area contributed by atoms with Crippen LogP contribution in [0.15, 0.2) is 66.7 Å². The maximum absolute atomic E-state index is 13.7. The van der Waals surface area contributed by atoms with Crippen molar-refractivity contribution in [1.82, 2.24) is 0 Å². The van der Waals surface area contributed by atoms with Gasteiger partial charge in [-0.2, -0.15) is 0 Å². The Bertz CT molecular complexity index is 1240. The first-order valence-corrected chi connectivity index (χ1v) is 11.1. The SMILES string of the molecule is COc1ccc([C@@H]2[C@H]3C(=O)N(c4ccc(C)c(C)c4)C(=O)[C@@H]3ON2c2ccc(OC)cc2)cc1. The number of hydroxylamine groups is 1. The largest absolute Gasteiger partial charge is 0.497 e. The molecule has 0 spiro atoms. The van der Waals surface area contributed by atoms with E-state index in [4.69, 9.17) is 14.3 Å². The van der Waals surface area contributed by atoms with Crippen LogP contribution in [-0.4, -0.2) is 32.1 Å². The third-order valence-electron chi connectivity index (χ3n) is 6.65. The second-order valence-electron chi connectivity index (χ2n) is 8.57. The number of carbonyl (C=O) groups is 2. The van der Waals surface area contributed by atoms with Crippen molar-refractivity contribution in [3.63, 3.8) is 0 Å². The minimum Gasteiger partial charge on any atom is -0.497 e. The van der Waals surface area contributed by atoms with Crippen molar-refractivity contribution < 1.29 is 23.9 Å². The number of hydrogen-bond donors (Lipinski definition) is 0. The lowest BCUT2D eigenvalue weighted by molar-refractivity contribution is -0.126. The van der Waals surface area contributed by atoms with Gasteiger partial charge >= 0.3 is 0 Å². The van der Waals surface area contributed by atoms with Gasteiger partial charge in [0.2, 0.25) is 5.91 Å². The summed E-state index contributed by atoms with van der Waals surface area (Å²) in [7, 11) is 3.21. The molecule has 2 fully saturated rings. The molecule has 2 aliphatic heterocycles. The van der Waals surface area contributed by atoms with Crippen LogP contribution in [0.25, 0.3) is 0 Å². The van der Waals surface area contributed by atoms with E-state index in [2.05, 4.69) is 0 Å². The zero-order chi connectivity index (χ0) is 24.0. The van der Waals surface area contributed by atoms with Crippen LogP contribution < -0.4 is 19.4 Å². The van der Waals surface area contributed by atoms with Crippen LogP contribution in [0.5, 0.6) is 11.5 Å². The number of imide groups is 1. The van der Waals surface area contributed by atoms with Crippen LogP contribution in [0.4, 0.5) is 11.4 Å². The third-order valence-corrected chi connectivity index (χ3v) is 6.65. The summed E-state index contributed by atoms with van der Waals surface area (Å²) in [6.45, 7) is 3.96. The van der Waals surface area contributed by atoms with Crippen LogP contribution >= 0.6 is 0 Å². The Balaban J connectivity index is 1.56. The van der Waals surface area contributed by atoms with E-state index in [1.165, 1.54) is 4.90 Å². The van der Waals surface area contributed by atoms with E-state index in [-0.39, 0.29) is 11.8 Å². The number of hydrogen-bond acceptors (Lipinski definition) is 6. The molecule has 34 heavy (non-hydrogen) atoms. The number of fused-ring (bicyclic) bond motifs is 1.